The summed E-state index contributed by atoms with van der Waals surface area (Å²) in [6.07, 6.45) is 0. The smallest absolute Gasteiger partial charge is 0.550 e. The first kappa shape index (κ1) is 54.1. The molecule has 0 spiro atoms. The Labute approximate surface area is 138 Å². The molecule has 0 bridgehead atoms. The molecule has 0 unspecified atom stereocenters. The van der Waals surface area contributed by atoms with Gasteiger partial charge in [-0.2, -0.15) is 0 Å². The van der Waals surface area contributed by atoms with E-state index in [4.69, 9.17) is 29.7 Å². The first-order chi connectivity index (χ1) is 5.20. The van der Waals surface area contributed by atoms with Crippen LogP contribution in [0.1, 0.15) is 20.8 Å². The average molecular weight is 401 g/mol. The number of carboxylic acids is 3. The summed E-state index contributed by atoms with van der Waals surface area (Å²) >= 11 is 0. The Morgan fingerprint density at radius 3 is 0.588 bits per heavy atom. The summed E-state index contributed by atoms with van der Waals surface area (Å²) in [6, 6.07) is 0. The van der Waals surface area contributed by atoms with E-state index in [1.807, 2.05) is 0 Å². The Balaban J connectivity index is -0.0000000104. The molecule has 0 heterocycles. The van der Waals surface area contributed by atoms with Crippen molar-refractivity contribution in [3.8, 4) is 0 Å². The second kappa shape index (κ2) is 44.6. The monoisotopic (exact) mass is 402 g/mol. The van der Waals surface area contributed by atoms with Gasteiger partial charge in [0.1, 0.15) is 0 Å². The van der Waals surface area contributed by atoms with E-state index in [1.54, 1.807) is 0 Å². The van der Waals surface area contributed by atoms with Crippen molar-refractivity contribution in [3.63, 3.8) is 0 Å². The largest absolute Gasteiger partial charge is 3.00 e. The van der Waals surface area contributed by atoms with Crippen LogP contribution in [-0.4, -0.2) is 39.8 Å². The van der Waals surface area contributed by atoms with Crippen molar-refractivity contribution in [1.29, 1.82) is 0 Å². The van der Waals surface area contributed by atoms with Gasteiger partial charge in [-0.3, -0.25) is 0 Å². The zero-order valence-electron chi connectivity index (χ0n) is 9.33. The fourth-order valence-corrected chi connectivity index (χ4v) is 0. The van der Waals surface area contributed by atoms with Gasteiger partial charge in [0.15, 0.2) is 0 Å². The van der Waals surface area contributed by atoms with Crippen LogP contribution in [0.15, 0.2) is 0 Å². The van der Waals surface area contributed by atoms with Gasteiger partial charge in [0.05, 0.1) is 0 Å². The third kappa shape index (κ3) is 111000. The maximum absolute atomic E-state index is 8.89. The van der Waals surface area contributed by atoms with Gasteiger partial charge in [0, 0.05) is 17.9 Å². The van der Waals surface area contributed by atoms with E-state index >= 15 is 0 Å². The Bertz CT molecular complexity index is 118. The Hall–Kier alpha value is -0.166. The van der Waals surface area contributed by atoms with E-state index in [9.17, 15) is 0 Å². The maximum atomic E-state index is 8.89. The van der Waals surface area contributed by atoms with Crippen molar-refractivity contribution in [2.45, 2.75) is 20.8 Å². The van der Waals surface area contributed by atoms with E-state index in [0.29, 0.717) is 0 Å². The number of carbonyl (C=O) groups excluding carboxylic acids is 3. The molecule has 0 saturated carbocycles. The summed E-state index contributed by atoms with van der Waals surface area (Å²) in [7, 11) is 0. The van der Waals surface area contributed by atoms with Crippen LogP contribution >= 0.6 is 0 Å². The van der Waals surface area contributed by atoms with Crippen molar-refractivity contribution in [3.05, 3.63) is 0 Å². The third-order valence-corrected chi connectivity index (χ3v) is 0. The van der Waals surface area contributed by atoms with Crippen molar-refractivity contribution in [1.82, 2.24) is 0 Å². The van der Waals surface area contributed by atoms with E-state index in [2.05, 4.69) is 0 Å². The first-order valence-corrected chi connectivity index (χ1v) is 2.72. The van der Waals surface area contributed by atoms with E-state index < -0.39 is 17.9 Å². The second-order valence-electron chi connectivity index (χ2n) is 1.47. The molecule has 0 aliphatic carbocycles. The minimum Gasteiger partial charge on any atom is -0.550 e. The molecule has 0 aromatic rings. The summed E-state index contributed by atoms with van der Waals surface area (Å²) in [6.45, 7) is 2.92. The third-order valence-electron chi connectivity index (χ3n) is 0. The molecule has 0 amide bonds. The van der Waals surface area contributed by atoms with Gasteiger partial charge in [-0.25, -0.2) is 0 Å². The SMILES string of the molecule is CC(=O)[O-].CC(=O)[O-].CC(=O)[O-].O.O.O.O.[Eu+3]. The second-order valence-corrected chi connectivity index (χ2v) is 1.47. The first-order valence-electron chi connectivity index (χ1n) is 2.72. The van der Waals surface area contributed by atoms with Gasteiger partial charge in [0.2, 0.25) is 0 Å². The molecule has 10 nitrogen and oxygen atoms in total. The van der Waals surface area contributed by atoms with Crippen LogP contribution in [0.3, 0.4) is 0 Å². The summed E-state index contributed by atoms with van der Waals surface area (Å²) in [5.41, 5.74) is 0. The fraction of sp³-hybridized carbons (Fsp3) is 0.500. The molecule has 11 heteroatoms. The predicted octanol–water partition coefficient (Wildman–Crippen LogP) is -7.03. The minimum absolute atomic E-state index is 0. The van der Waals surface area contributed by atoms with E-state index in [1.165, 1.54) is 0 Å². The molecule has 0 atom stereocenters. The van der Waals surface area contributed by atoms with Gasteiger partial charge in [0.25, 0.3) is 0 Å². The Morgan fingerprint density at radius 2 is 0.588 bits per heavy atom. The molecule has 0 aromatic heterocycles. The zero-order chi connectivity index (χ0) is 10.7. The van der Waals surface area contributed by atoms with Crippen LogP contribution in [0.25, 0.3) is 0 Å². The van der Waals surface area contributed by atoms with Gasteiger partial charge in [-0.15, -0.1) is 0 Å². The van der Waals surface area contributed by atoms with Gasteiger partial charge < -0.3 is 51.6 Å². The van der Waals surface area contributed by atoms with Crippen LogP contribution in [0.2, 0.25) is 0 Å². The molecule has 0 aromatic carbocycles. The van der Waals surface area contributed by atoms with Crippen molar-refractivity contribution >= 4 is 17.9 Å². The molecular formula is C6H17EuO10. The van der Waals surface area contributed by atoms with Crippen molar-refractivity contribution in [2.24, 2.45) is 0 Å². The Kier molecular flexibility index (Phi) is 142. The standard InChI is InChI=1S/3C2H4O2.Eu.4H2O/c3*1-2(3)4;;;;;/h3*1H3,(H,3,4);;4*1H2/q;;;+3;;;;/p-3. The molecule has 17 heavy (non-hydrogen) atoms. The number of hydrogen-bond acceptors (Lipinski definition) is 6. The molecule has 108 valence electrons. The van der Waals surface area contributed by atoms with Crippen LogP contribution in [0.4, 0.5) is 0 Å². The van der Waals surface area contributed by atoms with Gasteiger partial charge >= 0.3 is 49.4 Å². The van der Waals surface area contributed by atoms with E-state index in [-0.39, 0.29) is 71.3 Å². The maximum Gasteiger partial charge on any atom is 3.00 e. The Morgan fingerprint density at radius 1 is 0.588 bits per heavy atom. The normalized spacial score (nSPS) is 4.41. The summed E-state index contributed by atoms with van der Waals surface area (Å²) in [5.74, 6) is -3.25. The topological polar surface area (TPSA) is 246 Å². The molecule has 0 saturated heterocycles. The number of aliphatic carboxylic acids is 3. The molecule has 0 radical (unpaired) electrons. The number of hydrogen-bond donors (Lipinski definition) is 0. The molecular weight excluding hydrogens is 384 g/mol. The zero-order valence-corrected chi connectivity index (χ0v) is 11.8. The van der Waals surface area contributed by atoms with Crippen LogP contribution < -0.4 is 15.3 Å². The summed E-state index contributed by atoms with van der Waals surface area (Å²) in [4.78, 5) is 26.7. The van der Waals surface area contributed by atoms with Crippen LogP contribution in [0.5, 0.6) is 0 Å². The van der Waals surface area contributed by atoms with Gasteiger partial charge in [-0.1, -0.05) is 0 Å². The average Bonchev–Trinajstić information content (AvgIpc) is 1.54. The van der Waals surface area contributed by atoms with Crippen LogP contribution in [-0.2, 0) is 14.4 Å². The molecule has 0 aliphatic heterocycles. The van der Waals surface area contributed by atoms with Gasteiger partial charge in [-0.05, 0) is 20.8 Å². The molecule has 0 aliphatic rings. The summed E-state index contributed by atoms with van der Waals surface area (Å²) in [5, 5.41) is 26.7. The van der Waals surface area contributed by atoms with Crippen molar-refractivity contribution in [2.75, 3.05) is 0 Å². The minimum atomic E-state index is -1.08. The van der Waals surface area contributed by atoms with Crippen molar-refractivity contribution < 1.29 is 101 Å². The molecule has 0 rings (SSSR count). The number of carboxylic acid groups (broad SMARTS) is 3. The quantitative estimate of drug-likeness (QED) is 0.381. The molecule has 8 N–H and O–H groups in total. The fourth-order valence-electron chi connectivity index (χ4n) is 0. The van der Waals surface area contributed by atoms with Crippen LogP contribution in [0, 0.1) is 49.4 Å². The molecule has 0 fully saturated rings. The van der Waals surface area contributed by atoms with E-state index in [0.717, 1.165) is 20.8 Å². The number of rotatable bonds is 0. The predicted molar refractivity (Wildman–Crippen MR) is 46.5 cm³/mol. The summed E-state index contributed by atoms with van der Waals surface area (Å²) < 4.78 is 0. The number of carbonyl (C=O) groups is 3.